The molecule has 1 N–H and O–H groups in total. The fourth-order valence-electron chi connectivity index (χ4n) is 2.96. The second kappa shape index (κ2) is 10.7. The van der Waals surface area contributed by atoms with E-state index in [-0.39, 0.29) is 36.8 Å². The van der Waals surface area contributed by atoms with Crippen molar-refractivity contribution in [2.45, 2.75) is 19.4 Å². The number of carbonyl (C=O) groups is 1. The number of nitrogens with zero attached hydrogens (tertiary/aromatic N) is 2. The fraction of sp³-hybridized carbons (Fsp3) is 0.444. The summed E-state index contributed by atoms with van der Waals surface area (Å²) >= 11 is 1.53. The minimum atomic E-state index is 0. The van der Waals surface area contributed by atoms with Gasteiger partial charge >= 0.3 is 0 Å². The van der Waals surface area contributed by atoms with Crippen molar-refractivity contribution in [2.24, 2.45) is 0 Å². The quantitative estimate of drug-likeness (QED) is 0.784. The number of amides is 1. The first-order valence-electron chi connectivity index (χ1n) is 8.29. The number of carbonyl (C=O) groups excluding carboxylic acids is 1. The van der Waals surface area contributed by atoms with E-state index >= 15 is 0 Å². The zero-order chi connectivity index (χ0) is 17.8. The van der Waals surface area contributed by atoms with Crippen molar-refractivity contribution in [3.8, 4) is 22.1 Å². The summed E-state index contributed by atoms with van der Waals surface area (Å²) in [5.74, 6) is 1.49. The Morgan fingerprint density at radius 1 is 1.30 bits per heavy atom. The minimum Gasteiger partial charge on any atom is -0.493 e. The molecule has 27 heavy (non-hydrogen) atoms. The number of thiazole rings is 1. The number of ether oxygens (including phenoxy) is 2. The maximum absolute atomic E-state index is 12.5. The lowest BCUT2D eigenvalue weighted by atomic mass is 10.2. The van der Waals surface area contributed by atoms with Gasteiger partial charge in [-0.3, -0.25) is 4.79 Å². The molecule has 150 valence electrons. The molecule has 9 heteroatoms. The van der Waals surface area contributed by atoms with Crippen LogP contribution in [0.2, 0.25) is 0 Å². The average Bonchev–Trinajstić information content (AvgIpc) is 3.09. The van der Waals surface area contributed by atoms with Gasteiger partial charge in [-0.05, 0) is 25.1 Å². The summed E-state index contributed by atoms with van der Waals surface area (Å²) in [6, 6.07) is 5.94. The molecule has 2 heterocycles. The van der Waals surface area contributed by atoms with Gasteiger partial charge in [0.2, 0.25) is 5.91 Å². The molecule has 6 nitrogen and oxygen atoms in total. The van der Waals surface area contributed by atoms with E-state index in [1.54, 1.807) is 14.2 Å². The number of hydrogen-bond acceptors (Lipinski definition) is 6. The number of aromatic nitrogens is 1. The van der Waals surface area contributed by atoms with Gasteiger partial charge in [0, 0.05) is 36.6 Å². The third-order valence-electron chi connectivity index (χ3n) is 4.34. The number of hydrogen-bond donors (Lipinski definition) is 1. The Morgan fingerprint density at radius 2 is 2.04 bits per heavy atom. The third kappa shape index (κ3) is 5.48. The molecule has 0 aliphatic carbocycles. The van der Waals surface area contributed by atoms with Gasteiger partial charge in [0.25, 0.3) is 0 Å². The van der Waals surface area contributed by atoms with Crippen LogP contribution in [0.3, 0.4) is 0 Å². The van der Waals surface area contributed by atoms with Crippen molar-refractivity contribution in [2.75, 3.05) is 33.9 Å². The molecule has 1 aromatic carbocycles. The Bertz CT molecular complexity index is 757. The highest BCUT2D eigenvalue weighted by Crippen LogP contribution is 2.33. The summed E-state index contributed by atoms with van der Waals surface area (Å²) in [6.07, 6.45) is 0.341. The smallest absolute Gasteiger partial charge is 0.228 e. The molecular formula is C18H25Cl2N3O3S. The van der Waals surface area contributed by atoms with Crippen LogP contribution in [-0.4, -0.2) is 55.7 Å². The lowest BCUT2D eigenvalue weighted by Gasteiger charge is -2.33. The topological polar surface area (TPSA) is 63.7 Å². The summed E-state index contributed by atoms with van der Waals surface area (Å²) in [4.78, 5) is 19.1. The molecule has 0 saturated carbocycles. The third-order valence-corrected chi connectivity index (χ3v) is 5.28. The molecule has 1 saturated heterocycles. The molecular weight excluding hydrogens is 409 g/mol. The molecule has 0 radical (unpaired) electrons. The maximum Gasteiger partial charge on any atom is 0.228 e. The summed E-state index contributed by atoms with van der Waals surface area (Å²) < 4.78 is 10.6. The zero-order valence-corrected chi connectivity index (χ0v) is 18.0. The Balaban J connectivity index is 0.00000182. The highest BCUT2D eigenvalue weighted by molar-refractivity contribution is 7.13. The summed E-state index contributed by atoms with van der Waals surface area (Å²) in [6.45, 7) is 4.52. The van der Waals surface area contributed by atoms with Crippen LogP contribution in [0, 0.1) is 0 Å². The van der Waals surface area contributed by atoms with Crippen LogP contribution in [0.15, 0.2) is 23.6 Å². The molecule has 1 fully saturated rings. The van der Waals surface area contributed by atoms with Crippen molar-refractivity contribution in [1.29, 1.82) is 0 Å². The number of methoxy groups -OCH3 is 2. The van der Waals surface area contributed by atoms with Gasteiger partial charge in [-0.25, -0.2) is 4.98 Å². The average molecular weight is 434 g/mol. The van der Waals surface area contributed by atoms with E-state index in [2.05, 4.69) is 17.2 Å². The van der Waals surface area contributed by atoms with Crippen LogP contribution in [0.1, 0.15) is 12.6 Å². The molecule has 1 amide bonds. The first-order valence-corrected chi connectivity index (χ1v) is 9.17. The standard InChI is InChI=1S/C18H23N3O3S.2ClH/c1-12-10-19-6-7-21(12)17(22)9-14-11-25-18(20-14)13-4-5-15(23-2)16(8-13)24-3;;/h4-5,8,11-12,19H,6-7,9-10H2,1-3H3;2*1H. The van der Waals surface area contributed by atoms with Crippen LogP contribution in [-0.2, 0) is 11.2 Å². The second-order valence-electron chi connectivity index (χ2n) is 6.03. The van der Waals surface area contributed by atoms with Crippen molar-refractivity contribution in [3.63, 3.8) is 0 Å². The highest BCUT2D eigenvalue weighted by Gasteiger charge is 2.23. The van der Waals surface area contributed by atoms with E-state index in [9.17, 15) is 4.79 Å². The first kappa shape index (κ1) is 23.5. The Morgan fingerprint density at radius 3 is 2.70 bits per heavy atom. The monoisotopic (exact) mass is 433 g/mol. The number of rotatable bonds is 5. The molecule has 2 aromatic rings. The largest absolute Gasteiger partial charge is 0.493 e. The summed E-state index contributed by atoms with van der Waals surface area (Å²) in [5, 5.41) is 6.13. The van der Waals surface area contributed by atoms with E-state index in [0.29, 0.717) is 17.9 Å². The molecule has 0 bridgehead atoms. The van der Waals surface area contributed by atoms with Gasteiger partial charge < -0.3 is 19.7 Å². The minimum absolute atomic E-state index is 0. The number of nitrogens with one attached hydrogen (secondary N) is 1. The van der Waals surface area contributed by atoms with Gasteiger partial charge in [0.15, 0.2) is 11.5 Å². The van der Waals surface area contributed by atoms with Crippen LogP contribution in [0.4, 0.5) is 0 Å². The Labute approximate surface area is 176 Å². The Hall–Kier alpha value is -1.54. The van der Waals surface area contributed by atoms with Gasteiger partial charge in [0.05, 0.1) is 26.3 Å². The lowest BCUT2D eigenvalue weighted by Crippen LogP contribution is -2.52. The molecule has 1 aliphatic heterocycles. The molecule has 1 aromatic heterocycles. The predicted molar refractivity (Wildman–Crippen MR) is 113 cm³/mol. The molecule has 0 spiro atoms. The zero-order valence-electron chi connectivity index (χ0n) is 15.6. The number of piperazine rings is 1. The lowest BCUT2D eigenvalue weighted by molar-refractivity contribution is -0.133. The maximum atomic E-state index is 12.5. The molecule has 1 atom stereocenters. The van der Waals surface area contributed by atoms with E-state index in [4.69, 9.17) is 9.47 Å². The fourth-order valence-corrected chi connectivity index (χ4v) is 3.77. The van der Waals surface area contributed by atoms with E-state index < -0.39 is 0 Å². The SMILES string of the molecule is COc1ccc(-c2nc(CC(=O)N3CCNCC3C)cs2)cc1OC.Cl.Cl. The second-order valence-corrected chi connectivity index (χ2v) is 6.89. The van der Waals surface area contributed by atoms with Gasteiger partial charge in [-0.1, -0.05) is 0 Å². The molecule has 3 rings (SSSR count). The van der Waals surface area contributed by atoms with Gasteiger partial charge in [-0.2, -0.15) is 0 Å². The van der Waals surface area contributed by atoms with E-state index in [0.717, 1.165) is 35.9 Å². The van der Waals surface area contributed by atoms with Crippen LogP contribution in [0.25, 0.3) is 10.6 Å². The molecule has 1 unspecified atom stereocenters. The van der Waals surface area contributed by atoms with Crippen LogP contribution < -0.4 is 14.8 Å². The van der Waals surface area contributed by atoms with E-state index in [1.165, 1.54) is 11.3 Å². The van der Waals surface area contributed by atoms with Crippen molar-refractivity contribution in [3.05, 3.63) is 29.3 Å². The van der Waals surface area contributed by atoms with E-state index in [1.807, 2.05) is 28.5 Å². The number of benzene rings is 1. The van der Waals surface area contributed by atoms with Crippen LogP contribution >= 0.6 is 36.2 Å². The predicted octanol–water partition coefficient (Wildman–Crippen LogP) is 3.03. The normalized spacial score (nSPS) is 16.1. The number of halogens is 2. The summed E-state index contributed by atoms with van der Waals surface area (Å²) in [5.41, 5.74) is 1.77. The first-order chi connectivity index (χ1) is 12.1. The molecule has 1 aliphatic rings. The summed E-state index contributed by atoms with van der Waals surface area (Å²) in [7, 11) is 3.23. The van der Waals surface area contributed by atoms with Crippen molar-refractivity contribution < 1.29 is 14.3 Å². The van der Waals surface area contributed by atoms with Gasteiger partial charge in [0.1, 0.15) is 5.01 Å². The van der Waals surface area contributed by atoms with Crippen molar-refractivity contribution >= 4 is 42.1 Å². The van der Waals surface area contributed by atoms with Crippen molar-refractivity contribution in [1.82, 2.24) is 15.2 Å². The Kier molecular flexibility index (Phi) is 9.32. The van der Waals surface area contributed by atoms with Gasteiger partial charge in [-0.15, -0.1) is 36.2 Å². The van der Waals surface area contributed by atoms with Crippen LogP contribution in [0.5, 0.6) is 11.5 Å². The highest BCUT2D eigenvalue weighted by atomic mass is 35.5.